The molecule has 1 atom stereocenters. The van der Waals surface area contributed by atoms with E-state index in [0.29, 0.717) is 17.1 Å². The number of hydrogen-bond acceptors (Lipinski definition) is 7. The van der Waals surface area contributed by atoms with Crippen molar-refractivity contribution in [2.75, 3.05) is 7.11 Å². The van der Waals surface area contributed by atoms with Crippen LogP contribution in [0.25, 0.3) is 0 Å². The first-order valence-corrected chi connectivity index (χ1v) is 9.08. The molecule has 0 saturated heterocycles. The van der Waals surface area contributed by atoms with Gasteiger partial charge in [-0.2, -0.15) is 0 Å². The zero-order valence-corrected chi connectivity index (χ0v) is 16.7. The number of methoxy groups -OCH3 is 1. The molecule has 1 unspecified atom stereocenters. The van der Waals surface area contributed by atoms with Gasteiger partial charge in [0, 0.05) is 5.56 Å². The summed E-state index contributed by atoms with van der Waals surface area (Å²) in [7, 11) is 1.18. The SMILES string of the molecule is COC(=O)C(OC(=O)c1cccc(OCc2c(C)noc2C)c1)c1ccc(F)cc1. The van der Waals surface area contributed by atoms with Crippen molar-refractivity contribution in [2.24, 2.45) is 0 Å². The number of benzene rings is 2. The van der Waals surface area contributed by atoms with Crippen LogP contribution in [-0.2, 0) is 20.9 Å². The van der Waals surface area contributed by atoms with Crippen molar-refractivity contribution in [2.45, 2.75) is 26.6 Å². The highest BCUT2D eigenvalue weighted by molar-refractivity contribution is 5.92. The first-order valence-electron chi connectivity index (χ1n) is 9.08. The van der Waals surface area contributed by atoms with E-state index in [2.05, 4.69) is 5.16 Å². The van der Waals surface area contributed by atoms with Crippen molar-refractivity contribution in [1.29, 1.82) is 0 Å². The molecule has 30 heavy (non-hydrogen) atoms. The number of esters is 2. The summed E-state index contributed by atoms with van der Waals surface area (Å²) < 4.78 is 34.1. The van der Waals surface area contributed by atoms with Gasteiger partial charge in [-0.3, -0.25) is 0 Å². The van der Waals surface area contributed by atoms with Crippen LogP contribution in [0, 0.1) is 19.7 Å². The Kier molecular flexibility index (Phi) is 6.46. The third-order valence-electron chi connectivity index (χ3n) is 4.45. The minimum atomic E-state index is -1.32. The monoisotopic (exact) mass is 413 g/mol. The molecular formula is C22H20FNO6. The zero-order valence-electron chi connectivity index (χ0n) is 16.7. The largest absolute Gasteiger partial charge is 0.489 e. The van der Waals surface area contributed by atoms with Gasteiger partial charge in [0.25, 0.3) is 0 Å². The van der Waals surface area contributed by atoms with E-state index < -0.39 is 23.9 Å². The van der Waals surface area contributed by atoms with Crippen molar-refractivity contribution in [3.05, 3.63) is 82.5 Å². The first kappa shape index (κ1) is 21.0. The lowest BCUT2D eigenvalue weighted by Gasteiger charge is -2.16. The predicted octanol–water partition coefficient (Wildman–Crippen LogP) is 4.08. The average molecular weight is 413 g/mol. The molecule has 3 aromatic rings. The summed E-state index contributed by atoms with van der Waals surface area (Å²) in [6.07, 6.45) is -1.32. The number of aryl methyl sites for hydroxylation is 2. The number of nitrogens with zero attached hydrogens (tertiary/aromatic N) is 1. The van der Waals surface area contributed by atoms with Gasteiger partial charge < -0.3 is 18.7 Å². The van der Waals surface area contributed by atoms with Crippen LogP contribution < -0.4 is 4.74 Å². The molecule has 7 nitrogen and oxygen atoms in total. The number of rotatable bonds is 7. The Morgan fingerprint density at radius 3 is 2.50 bits per heavy atom. The summed E-state index contributed by atoms with van der Waals surface area (Å²) in [5.74, 6) is -0.917. The van der Waals surface area contributed by atoms with E-state index in [-0.39, 0.29) is 12.2 Å². The summed E-state index contributed by atoms with van der Waals surface area (Å²) in [6, 6.07) is 11.4. The van der Waals surface area contributed by atoms with Gasteiger partial charge in [-0.15, -0.1) is 0 Å². The second-order valence-electron chi connectivity index (χ2n) is 6.48. The maximum absolute atomic E-state index is 13.2. The molecule has 2 aromatic carbocycles. The highest BCUT2D eigenvalue weighted by Crippen LogP contribution is 2.23. The Labute approximate surface area is 172 Å². The van der Waals surface area contributed by atoms with E-state index in [1.807, 2.05) is 6.92 Å². The van der Waals surface area contributed by atoms with E-state index >= 15 is 0 Å². The molecule has 156 valence electrons. The minimum Gasteiger partial charge on any atom is -0.489 e. The number of carbonyl (C=O) groups excluding carboxylic acids is 2. The second kappa shape index (κ2) is 9.21. The summed E-state index contributed by atoms with van der Waals surface area (Å²) in [5, 5.41) is 3.87. The number of ether oxygens (including phenoxy) is 3. The lowest BCUT2D eigenvalue weighted by Crippen LogP contribution is -2.21. The maximum Gasteiger partial charge on any atom is 0.351 e. The third kappa shape index (κ3) is 4.83. The van der Waals surface area contributed by atoms with Gasteiger partial charge in [-0.05, 0) is 44.2 Å². The normalized spacial score (nSPS) is 11.6. The number of aromatic nitrogens is 1. The van der Waals surface area contributed by atoms with Gasteiger partial charge >= 0.3 is 11.9 Å². The number of hydrogen-bond donors (Lipinski definition) is 0. The molecule has 0 radical (unpaired) electrons. The van der Waals surface area contributed by atoms with Gasteiger partial charge in [-0.1, -0.05) is 23.4 Å². The van der Waals surface area contributed by atoms with Gasteiger partial charge in [0.05, 0.1) is 23.9 Å². The van der Waals surface area contributed by atoms with Crippen LogP contribution in [0.3, 0.4) is 0 Å². The topological polar surface area (TPSA) is 87.9 Å². The van der Waals surface area contributed by atoms with Crippen molar-refractivity contribution in [3.8, 4) is 5.75 Å². The molecule has 0 amide bonds. The standard InChI is InChI=1S/C22H20FNO6/c1-13-19(14(2)30-24-13)12-28-18-6-4-5-16(11-18)21(25)29-20(22(26)27-3)15-7-9-17(23)10-8-15/h4-11,20H,12H2,1-3H3. The Balaban J connectivity index is 1.74. The molecule has 1 heterocycles. The molecule has 8 heteroatoms. The van der Waals surface area contributed by atoms with E-state index in [1.54, 1.807) is 19.1 Å². The molecule has 0 saturated carbocycles. The molecule has 0 fully saturated rings. The lowest BCUT2D eigenvalue weighted by molar-refractivity contribution is -0.151. The molecule has 0 N–H and O–H groups in total. The van der Waals surface area contributed by atoms with Gasteiger partial charge in [-0.25, -0.2) is 14.0 Å². The van der Waals surface area contributed by atoms with E-state index in [0.717, 1.165) is 11.3 Å². The van der Waals surface area contributed by atoms with Crippen LogP contribution in [0.1, 0.15) is 39.0 Å². The Morgan fingerprint density at radius 1 is 1.13 bits per heavy atom. The van der Waals surface area contributed by atoms with Crippen molar-refractivity contribution >= 4 is 11.9 Å². The van der Waals surface area contributed by atoms with Crippen LogP contribution in [0.5, 0.6) is 5.75 Å². The Hall–Kier alpha value is -3.68. The molecular weight excluding hydrogens is 393 g/mol. The molecule has 3 rings (SSSR count). The predicted molar refractivity (Wildman–Crippen MR) is 103 cm³/mol. The summed E-state index contributed by atoms with van der Waals surface area (Å²) >= 11 is 0. The summed E-state index contributed by atoms with van der Waals surface area (Å²) in [6.45, 7) is 3.82. The van der Waals surface area contributed by atoms with Gasteiger partial charge in [0.1, 0.15) is 23.9 Å². The fraction of sp³-hybridized carbons (Fsp3) is 0.227. The van der Waals surface area contributed by atoms with Crippen LogP contribution in [0.2, 0.25) is 0 Å². The average Bonchev–Trinajstić information content (AvgIpc) is 3.08. The van der Waals surface area contributed by atoms with Crippen LogP contribution in [-0.4, -0.2) is 24.2 Å². The molecule has 0 aliphatic rings. The van der Waals surface area contributed by atoms with E-state index in [1.165, 1.54) is 43.5 Å². The molecule has 0 spiro atoms. The fourth-order valence-electron chi connectivity index (χ4n) is 2.75. The van der Waals surface area contributed by atoms with E-state index in [9.17, 15) is 14.0 Å². The summed E-state index contributed by atoms with van der Waals surface area (Å²) in [5.41, 5.74) is 2.03. The Bertz CT molecular complexity index is 1020. The van der Waals surface area contributed by atoms with Crippen molar-refractivity contribution < 1.29 is 32.7 Å². The second-order valence-corrected chi connectivity index (χ2v) is 6.48. The van der Waals surface area contributed by atoms with Crippen LogP contribution in [0.15, 0.2) is 53.1 Å². The molecule has 0 bridgehead atoms. The molecule has 1 aromatic heterocycles. The molecule has 0 aliphatic carbocycles. The van der Waals surface area contributed by atoms with Gasteiger partial charge in [0.2, 0.25) is 6.10 Å². The highest BCUT2D eigenvalue weighted by atomic mass is 19.1. The first-order chi connectivity index (χ1) is 14.4. The van der Waals surface area contributed by atoms with Crippen molar-refractivity contribution in [3.63, 3.8) is 0 Å². The quantitative estimate of drug-likeness (QED) is 0.539. The third-order valence-corrected chi connectivity index (χ3v) is 4.45. The lowest BCUT2D eigenvalue weighted by atomic mass is 10.1. The molecule has 0 aliphatic heterocycles. The highest BCUT2D eigenvalue weighted by Gasteiger charge is 2.26. The van der Waals surface area contributed by atoms with Gasteiger partial charge in [0.15, 0.2) is 0 Å². The van der Waals surface area contributed by atoms with E-state index in [4.69, 9.17) is 18.7 Å². The fourth-order valence-corrected chi connectivity index (χ4v) is 2.75. The smallest absolute Gasteiger partial charge is 0.351 e. The van der Waals surface area contributed by atoms with Crippen LogP contribution in [0.4, 0.5) is 4.39 Å². The maximum atomic E-state index is 13.2. The minimum absolute atomic E-state index is 0.183. The van der Waals surface area contributed by atoms with Crippen LogP contribution >= 0.6 is 0 Å². The summed E-state index contributed by atoms with van der Waals surface area (Å²) in [4.78, 5) is 24.7. The number of halogens is 1. The Morgan fingerprint density at radius 2 is 1.87 bits per heavy atom. The number of carbonyl (C=O) groups is 2. The zero-order chi connectivity index (χ0) is 21.7. The van der Waals surface area contributed by atoms with Crippen molar-refractivity contribution in [1.82, 2.24) is 5.16 Å².